The van der Waals surface area contributed by atoms with Crippen LogP contribution in [0.2, 0.25) is 0 Å². The largest absolute Gasteiger partial charge is 0.494 e. The van der Waals surface area contributed by atoms with Crippen LogP contribution < -0.4 is 20.7 Å². The maximum atomic E-state index is 14.1. The van der Waals surface area contributed by atoms with Crippen LogP contribution in [-0.2, 0) is 49.6 Å². The van der Waals surface area contributed by atoms with Gasteiger partial charge in [-0.3, -0.25) is 77.4 Å². The van der Waals surface area contributed by atoms with E-state index in [9.17, 15) is 77.3 Å². The summed E-state index contributed by atoms with van der Waals surface area (Å²) in [4.78, 5) is 144. The predicted octanol–water partition coefficient (Wildman–Crippen LogP) is 3.25. The van der Waals surface area contributed by atoms with Crippen molar-refractivity contribution in [2.45, 2.75) is 106 Å². The van der Waals surface area contributed by atoms with E-state index in [1.165, 1.54) is 29.6 Å². The first-order chi connectivity index (χ1) is 45.0. The minimum Gasteiger partial charge on any atom is -0.494 e. The van der Waals surface area contributed by atoms with Crippen molar-refractivity contribution < 1.29 is 76.8 Å². The van der Waals surface area contributed by atoms with Crippen LogP contribution in [0.25, 0.3) is 10.9 Å². The SMILES string of the molecule is N#C[C@H]1CC(F)(F)CN1C(=O)CNC(=O)c1ccnc2ccc(OCCCC3CCN(C(=O)CN4C(=O)CC(SC(CCCCCNC(=O)CCCc5ccc(I)cc5)CNC(=O)CN5CCN(CC(=O)O)CCN(CC(=O)O)CCN(CC(=O)O)CC5)C4=O)CC3)cc12. The molecule has 7 rings (SSSR count). The molecule has 94 heavy (non-hydrogen) atoms. The quantitative estimate of drug-likeness (QED) is 0.0297. The number of nitrogens with zero attached hydrogens (tertiary/aromatic N) is 9. The minimum absolute atomic E-state index is 0.0314. The normalized spacial score (nSPS) is 19.2. The lowest BCUT2D eigenvalue weighted by atomic mass is 9.92. The van der Waals surface area contributed by atoms with E-state index in [-0.39, 0.29) is 126 Å². The average Bonchev–Trinajstić information content (AvgIpc) is 1.48. The second-order valence-electron chi connectivity index (χ2n) is 24.3. The molecule has 3 atom stereocenters. The third kappa shape index (κ3) is 24.5. The zero-order valence-electron chi connectivity index (χ0n) is 52.7. The number of carbonyl (C=O) groups excluding carboxylic acids is 7. The van der Waals surface area contributed by atoms with Gasteiger partial charge in [-0.2, -0.15) is 5.26 Å². The topological polar surface area (TPSA) is 336 Å². The Balaban J connectivity index is 0.881. The lowest BCUT2D eigenvalue weighted by Gasteiger charge is -2.33. The van der Waals surface area contributed by atoms with Gasteiger partial charge in [0.25, 0.3) is 11.8 Å². The molecule has 7 amide bonds. The van der Waals surface area contributed by atoms with Crippen LogP contribution in [0.3, 0.4) is 0 Å². The molecule has 6 N–H and O–H groups in total. The highest BCUT2D eigenvalue weighted by Gasteiger charge is 2.47. The molecule has 512 valence electrons. The summed E-state index contributed by atoms with van der Waals surface area (Å²) in [6.45, 7) is 0.677. The number of likely N-dealkylation sites (tertiary alicyclic amines) is 3. The predicted molar refractivity (Wildman–Crippen MR) is 351 cm³/mol. The van der Waals surface area contributed by atoms with Crippen molar-refractivity contribution in [2.24, 2.45) is 5.92 Å². The van der Waals surface area contributed by atoms with Crippen molar-refractivity contribution in [1.29, 1.82) is 5.26 Å². The summed E-state index contributed by atoms with van der Waals surface area (Å²) in [5, 5.41) is 46.0. The zero-order chi connectivity index (χ0) is 67.7. The van der Waals surface area contributed by atoms with E-state index in [0.717, 1.165) is 32.6 Å². The molecule has 0 bridgehead atoms. The Bertz CT molecular complexity index is 3150. The summed E-state index contributed by atoms with van der Waals surface area (Å²) >= 11 is 3.53. The Morgan fingerprint density at radius 3 is 1.98 bits per heavy atom. The van der Waals surface area contributed by atoms with Gasteiger partial charge in [0.05, 0.1) is 68.3 Å². The molecular formula is C64H85F2IN12O14S. The monoisotopic (exact) mass is 1440 g/mol. The van der Waals surface area contributed by atoms with E-state index in [0.29, 0.717) is 94.3 Å². The van der Waals surface area contributed by atoms with Gasteiger partial charge in [-0.05, 0) is 122 Å². The van der Waals surface area contributed by atoms with Crippen LogP contribution in [0, 0.1) is 20.8 Å². The summed E-state index contributed by atoms with van der Waals surface area (Å²) in [5.41, 5.74) is 1.84. The van der Waals surface area contributed by atoms with Gasteiger partial charge in [-0.15, -0.1) is 11.8 Å². The molecule has 4 saturated heterocycles. The number of carboxylic acids is 3. The molecule has 5 heterocycles. The fourth-order valence-corrected chi connectivity index (χ4v) is 13.8. The van der Waals surface area contributed by atoms with Gasteiger partial charge in [0.15, 0.2) is 0 Å². The summed E-state index contributed by atoms with van der Waals surface area (Å²) < 4.78 is 35.1. The maximum absolute atomic E-state index is 14.1. The molecule has 2 aromatic carbocycles. The number of alkyl halides is 2. The second-order valence-corrected chi connectivity index (χ2v) is 27.1. The summed E-state index contributed by atoms with van der Waals surface area (Å²) in [7, 11) is 0. The lowest BCUT2D eigenvalue weighted by Crippen LogP contribution is -2.50. The number of unbranched alkanes of at least 4 members (excludes halogenated alkanes) is 2. The fourth-order valence-electron chi connectivity index (χ4n) is 12.0. The summed E-state index contributed by atoms with van der Waals surface area (Å²) in [6, 6.07) is 15.2. The number of imide groups is 1. The molecule has 4 aliphatic heterocycles. The van der Waals surface area contributed by atoms with Gasteiger partial charge in [0, 0.05) is 118 Å². The number of fused-ring (bicyclic) bond motifs is 1. The highest BCUT2D eigenvalue weighted by atomic mass is 127. The lowest BCUT2D eigenvalue weighted by molar-refractivity contribution is -0.146. The van der Waals surface area contributed by atoms with E-state index in [1.807, 2.05) is 17.0 Å². The molecule has 30 heteroatoms. The van der Waals surface area contributed by atoms with E-state index in [1.54, 1.807) is 43.9 Å². The number of nitriles is 1. The standard InChI is InChI=1S/C64H85F2IN12O14S/c65-64(66)34-47(35-68)79(43-64)57(83)37-72-62(91)50-16-20-69-52-15-14-48(32-51(50)52)93-31-5-7-45-17-21-77(22-18-45)58(84)39-78-56(82)33-53(63(78)92)94-49(8-2-1-3-19-70-54(80)9-4-6-44-10-12-46(67)13-11-44)36-71-55(81)38-73-23-25-74(40-59(85)86)27-29-76(42-61(89)90)30-28-75(26-24-73)41-60(87)88/h10-16,20,32,45,47,49,53H,1-9,17-19,21-31,33-34,36-43H2,(H,70,80)(H,71,81)(H,72,91)(H,85,86)(H,87,88)(H,89,90)/t47-,49?,53?/m1/s1. The third-order valence-corrected chi connectivity index (χ3v) is 19.4. The average molecular weight is 1440 g/mol. The number of aryl methyl sites for hydroxylation is 1. The molecular weight excluding hydrogens is 1360 g/mol. The smallest absolute Gasteiger partial charge is 0.317 e. The van der Waals surface area contributed by atoms with Crippen molar-refractivity contribution >= 4 is 105 Å². The van der Waals surface area contributed by atoms with Gasteiger partial charge in [0.1, 0.15) is 18.3 Å². The fraction of sp³-hybridized carbons (Fsp3) is 0.594. The van der Waals surface area contributed by atoms with Crippen LogP contribution >= 0.6 is 34.4 Å². The number of nitrogens with one attached hydrogen (secondary N) is 3. The number of thioether (sulfide) groups is 1. The van der Waals surface area contributed by atoms with Gasteiger partial charge in [0.2, 0.25) is 35.4 Å². The summed E-state index contributed by atoms with van der Waals surface area (Å²) in [5.74, 6) is -8.80. The zero-order valence-corrected chi connectivity index (χ0v) is 55.7. The maximum Gasteiger partial charge on any atom is 0.317 e. The number of hydrogen-bond donors (Lipinski definition) is 6. The van der Waals surface area contributed by atoms with Crippen molar-refractivity contribution in [2.75, 3.05) is 131 Å². The van der Waals surface area contributed by atoms with Crippen molar-refractivity contribution in [3.8, 4) is 11.8 Å². The number of benzene rings is 2. The molecule has 0 spiro atoms. The molecule has 4 fully saturated rings. The van der Waals surface area contributed by atoms with Crippen LogP contribution in [0.5, 0.6) is 5.75 Å². The Labute approximate surface area is 562 Å². The van der Waals surface area contributed by atoms with Crippen LogP contribution in [0.1, 0.15) is 93.0 Å². The second kappa shape index (κ2) is 37.2. The van der Waals surface area contributed by atoms with Gasteiger partial charge in [-0.25, -0.2) is 8.78 Å². The van der Waals surface area contributed by atoms with E-state index >= 15 is 0 Å². The number of carboxylic acid groups (broad SMARTS) is 3. The Morgan fingerprint density at radius 1 is 0.734 bits per heavy atom. The first-order valence-corrected chi connectivity index (χ1v) is 34.0. The van der Waals surface area contributed by atoms with E-state index < -0.39 is 84.8 Å². The molecule has 26 nitrogen and oxygen atoms in total. The molecule has 4 aliphatic rings. The number of pyridine rings is 1. The highest BCUT2D eigenvalue weighted by Crippen LogP contribution is 2.33. The van der Waals surface area contributed by atoms with Crippen LogP contribution in [0.15, 0.2) is 54.7 Å². The molecule has 0 aliphatic carbocycles. The number of amides is 7. The number of carbonyl (C=O) groups is 10. The number of halogens is 3. The van der Waals surface area contributed by atoms with Gasteiger partial charge in [-0.1, -0.05) is 25.0 Å². The first-order valence-electron chi connectivity index (χ1n) is 32.0. The van der Waals surface area contributed by atoms with Crippen LogP contribution in [-0.4, -0.2) is 267 Å². The van der Waals surface area contributed by atoms with Crippen molar-refractivity contribution in [3.05, 3.63) is 69.4 Å². The van der Waals surface area contributed by atoms with E-state index in [2.05, 4.69) is 55.7 Å². The van der Waals surface area contributed by atoms with Crippen molar-refractivity contribution in [3.63, 3.8) is 0 Å². The van der Waals surface area contributed by atoms with Gasteiger partial charge < -0.3 is 45.8 Å². The van der Waals surface area contributed by atoms with Gasteiger partial charge >= 0.3 is 17.9 Å². The van der Waals surface area contributed by atoms with Crippen LogP contribution in [0.4, 0.5) is 8.78 Å². The molecule has 1 aromatic heterocycles. The van der Waals surface area contributed by atoms with E-state index in [4.69, 9.17) is 4.74 Å². The first kappa shape index (κ1) is 74.2. The highest BCUT2D eigenvalue weighted by molar-refractivity contribution is 14.1. The summed E-state index contributed by atoms with van der Waals surface area (Å²) in [6.07, 6.45) is 7.93. The molecule has 0 saturated carbocycles. The van der Waals surface area contributed by atoms with Crippen molar-refractivity contribution in [1.82, 2.24) is 55.2 Å². The number of piperidine rings is 1. The number of hydrogen-bond acceptors (Lipinski definition) is 18. The number of rotatable bonds is 32. The molecule has 0 radical (unpaired) electrons. The number of ether oxygens (including phenoxy) is 1. The third-order valence-electron chi connectivity index (χ3n) is 17.2. The molecule has 2 unspecified atom stereocenters. The number of aromatic nitrogens is 1. The Morgan fingerprint density at radius 2 is 1.36 bits per heavy atom. The minimum atomic E-state index is -3.19. The Hall–Kier alpha value is -7.18. The molecule has 3 aromatic rings. The number of aliphatic carboxylic acids is 3. The Kier molecular flexibility index (Phi) is 29.4.